The number of halogens is 1. The van der Waals surface area contributed by atoms with Gasteiger partial charge in [-0.05, 0) is 128 Å². The van der Waals surface area contributed by atoms with Gasteiger partial charge in [0.1, 0.15) is 11.5 Å². The SMILES string of the molecule is CCc1c(OC)cccc1C(=O)Cl.CCc1c(OC)cccc1C(=O)NN(C(=O)c1cc(C)cc(C)c1)C(C)(C)COC.COCC(C)(C)N(N)C(=O)c1cc(C)cc(C)c1. The molecule has 332 valence electrons. The van der Waals surface area contributed by atoms with Crippen LogP contribution in [-0.2, 0) is 22.3 Å². The van der Waals surface area contributed by atoms with Crippen LogP contribution in [0.3, 0.4) is 0 Å². The van der Waals surface area contributed by atoms with Crippen molar-refractivity contribution in [2.24, 2.45) is 5.84 Å². The van der Waals surface area contributed by atoms with E-state index in [1.807, 2.05) is 118 Å². The summed E-state index contributed by atoms with van der Waals surface area (Å²) in [7, 11) is 6.32. The Morgan fingerprint density at radius 1 is 0.623 bits per heavy atom. The number of nitrogens with one attached hydrogen (secondary N) is 1. The molecule has 61 heavy (non-hydrogen) atoms. The van der Waals surface area contributed by atoms with Crippen LogP contribution in [0, 0.1) is 27.7 Å². The fraction of sp³-hybridized carbons (Fsp3) is 0.417. The van der Waals surface area contributed by atoms with E-state index in [9.17, 15) is 19.2 Å². The summed E-state index contributed by atoms with van der Waals surface area (Å²) >= 11 is 5.42. The number of ether oxygens (including phenoxy) is 4. The molecule has 12 nitrogen and oxygen atoms in total. The van der Waals surface area contributed by atoms with Gasteiger partial charge in [-0.1, -0.05) is 60.4 Å². The molecule has 0 aliphatic heterocycles. The lowest BCUT2D eigenvalue weighted by Crippen LogP contribution is -2.59. The largest absolute Gasteiger partial charge is 0.496 e. The number of carbonyl (C=O) groups excluding carboxylic acids is 4. The Morgan fingerprint density at radius 3 is 1.41 bits per heavy atom. The highest BCUT2D eigenvalue weighted by Gasteiger charge is 2.34. The zero-order valence-electron chi connectivity index (χ0n) is 38.4. The van der Waals surface area contributed by atoms with Crippen molar-refractivity contribution < 1.29 is 38.1 Å². The summed E-state index contributed by atoms with van der Waals surface area (Å²) < 4.78 is 20.9. The van der Waals surface area contributed by atoms with Crippen LogP contribution >= 0.6 is 11.6 Å². The number of benzene rings is 4. The summed E-state index contributed by atoms with van der Waals surface area (Å²) in [5.41, 5.74) is 9.37. The molecule has 13 heteroatoms. The number of carbonyl (C=O) groups is 4. The number of aryl methyl sites for hydroxylation is 4. The highest BCUT2D eigenvalue weighted by Crippen LogP contribution is 2.26. The van der Waals surface area contributed by atoms with Gasteiger partial charge in [0.25, 0.3) is 23.0 Å². The molecule has 0 spiro atoms. The van der Waals surface area contributed by atoms with Crippen molar-refractivity contribution in [3.05, 3.63) is 128 Å². The van der Waals surface area contributed by atoms with E-state index in [2.05, 4.69) is 5.43 Å². The van der Waals surface area contributed by atoms with Gasteiger partial charge in [-0.3, -0.25) is 29.6 Å². The van der Waals surface area contributed by atoms with Gasteiger partial charge in [0.2, 0.25) is 0 Å². The molecule has 0 bridgehead atoms. The number of methoxy groups -OCH3 is 4. The third-order valence-corrected chi connectivity index (χ3v) is 9.90. The van der Waals surface area contributed by atoms with E-state index in [0.717, 1.165) is 39.8 Å². The van der Waals surface area contributed by atoms with Gasteiger partial charge >= 0.3 is 0 Å². The van der Waals surface area contributed by atoms with Crippen LogP contribution in [-0.4, -0.2) is 85.7 Å². The van der Waals surface area contributed by atoms with Gasteiger partial charge in [-0.15, -0.1) is 0 Å². The molecule has 0 aliphatic carbocycles. The highest BCUT2D eigenvalue weighted by molar-refractivity contribution is 6.68. The summed E-state index contributed by atoms with van der Waals surface area (Å²) in [6.07, 6.45) is 1.36. The summed E-state index contributed by atoms with van der Waals surface area (Å²) in [5, 5.41) is 2.17. The maximum absolute atomic E-state index is 13.4. The van der Waals surface area contributed by atoms with Crippen LogP contribution in [0.5, 0.6) is 11.5 Å². The number of nitrogens with two attached hydrogens (primary N) is 1. The molecule has 0 heterocycles. The summed E-state index contributed by atoms with van der Waals surface area (Å²) in [4.78, 5) is 50.0. The molecule has 3 amide bonds. The van der Waals surface area contributed by atoms with Crippen LogP contribution in [0.2, 0.25) is 0 Å². The molecule has 0 aliphatic rings. The molecule has 0 unspecified atom stereocenters. The third-order valence-electron chi connectivity index (χ3n) is 9.69. The van der Waals surface area contributed by atoms with Crippen molar-refractivity contribution in [1.29, 1.82) is 0 Å². The zero-order chi connectivity index (χ0) is 46.2. The lowest BCUT2D eigenvalue weighted by atomic mass is 10.0. The van der Waals surface area contributed by atoms with E-state index < -0.39 is 16.3 Å². The Hall–Kier alpha value is -5.27. The molecule has 3 N–H and O–H groups in total. The van der Waals surface area contributed by atoms with Gasteiger partial charge in [0, 0.05) is 47.6 Å². The molecular formula is C48H65ClN4O8. The minimum atomic E-state index is -0.773. The maximum Gasteiger partial charge on any atom is 0.272 e. The average molecular weight is 862 g/mol. The molecule has 0 radical (unpaired) electrons. The van der Waals surface area contributed by atoms with Crippen LogP contribution in [0.15, 0.2) is 72.8 Å². The van der Waals surface area contributed by atoms with Crippen molar-refractivity contribution in [1.82, 2.24) is 15.4 Å². The van der Waals surface area contributed by atoms with Crippen molar-refractivity contribution >= 4 is 34.6 Å². The highest BCUT2D eigenvalue weighted by atomic mass is 35.5. The van der Waals surface area contributed by atoms with E-state index in [-0.39, 0.29) is 24.3 Å². The van der Waals surface area contributed by atoms with Gasteiger partial charge in [0.15, 0.2) is 0 Å². The van der Waals surface area contributed by atoms with Crippen molar-refractivity contribution in [2.45, 2.75) is 93.2 Å². The molecule has 0 saturated heterocycles. The lowest BCUT2D eigenvalue weighted by Gasteiger charge is -2.38. The van der Waals surface area contributed by atoms with E-state index >= 15 is 0 Å². The lowest BCUT2D eigenvalue weighted by molar-refractivity contribution is 0.00479. The molecule has 4 rings (SSSR count). The predicted octanol–water partition coefficient (Wildman–Crippen LogP) is 8.77. The Kier molecular flexibility index (Phi) is 20.1. The Bertz CT molecular complexity index is 2090. The van der Waals surface area contributed by atoms with Crippen LogP contribution in [0.25, 0.3) is 0 Å². The monoisotopic (exact) mass is 860 g/mol. The molecule has 0 saturated carbocycles. The summed E-state index contributed by atoms with van der Waals surface area (Å²) in [6.45, 7) is 19.8. The number of hydrogen-bond acceptors (Lipinski definition) is 9. The van der Waals surface area contributed by atoms with Crippen molar-refractivity contribution in [3.8, 4) is 11.5 Å². The van der Waals surface area contributed by atoms with Gasteiger partial charge in [-0.25, -0.2) is 10.9 Å². The number of hydrogen-bond donors (Lipinski definition) is 2. The molecule has 4 aromatic carbocycles. The zero-order valence-corrected chi connectivity index (χ0v) is 39.1. The van der Waals surface area contributed by atoms with E-state index in [0.29, 0.717) is 46.8 Å². The summed E-state index contributed by atoms with van der Waals surface area (Å²) in [6, 6.07) is 22.0. The minimum absolute atomic E-state index is 0.191. The van der Waals surface area contributed by atoms with Crippen LogP contribution in [0.1, 0.15) is 116 Å². The first-order valence-electron chi connectivity index (χ1n) is 20.0. The normalized spacial score (nSPS) is 11.0. The first kappa shape index (κ1) is 51.9. The van der Waals surface area contributed by atoms with Gasteiger partial charge in [0.05, 0.1) is 38.5 Å². The molecular weight excluding hydrogens is 796 g/mol. The predicted molar refractivity (Wildman–Crippen MR) is 243 cm³/mol. The fourth-order valence-electron chi connectivity index (χ4n) is 6.86. The number of nitrogens with zero attached hydrogens (tertiary/aromatic N) is 2. The first-order valence-corrected chi connectivity index (χ1v) is 20.4. The number of amides is 3. The van der Waals surface area contributed by atoms with Gasteiger partial charge < -0.3 is 18.9 Å². The van der Waals surface area contributed by atoms with E-state index in [1.165, 1.54) is 10.0 Å². The first-order chi connectivity index (χ1) is 28.6. The standard InChI is InChI=1S/C24H32N2O4.C14H22N2O2.C10H11ClO2/c1-8-19-20(10-9-11-21(19)30-7)22(27)25-26(24(4,5)15-29-6)23(28)18-13-16(2)12-17(3)14-18;1-10-6-11(2)8-12(7-10)13(17)16(15)14(3,4)9-18-5;1-3-7-8(10(11)12)5-4-6-9(7)13-2/h9-14H,8,15H2,1-7H3,(H,25,27);6-8H,9,15H2,1-5H3;4-6H,3H2,1-2H3. The Balaban J connectivity index is 0.000000349. The molecule has 0 fully saturated rings. The smallest absolute Gasteiger partial charge is 0.272 e. The Morgan fingerprint density at radius 2 is 1.02 bits per heavy atom. The second kappa shape index (κ2) is 23.7. The van der Waals surface area contributed by atoms with Crippen molar-refractivity contribution in [3.63, 3.8) is 0 Å². The fourth-order valence-corrected chi connectivity index (χ4v) is 7.04. The van der Waals surface area contributed by atoms with Gasteiger partial charge in [-0.2, -0.15) is 0 Å². The molecule has 0 aromatic heterocycles. The quantitative estimate of drug-likeness (QED) is 0.0549. The van der Waals surface area contributed by atoms with Crippen LogP contribution in [0.4, 0.5) is 0 Å². The van der Waals surface area contributed by atoms with E-state index in [1.54, 1.807) is 52.7 Å². The number of hydrazine groups is 2. The average Bonchev–Trinajstić information content (AvgIpc) is 3.20. The Labute approximate surface area is 367 Å². The van der Waals surface area contributed by atoms with Crippen molar-refractivity contribution in [2.75, 3.05) is 41.7 Å². The topological polar surface area (TPSA) is 150 Å². The molecule has 4 aromatic rings. The third kappa shape index (κ3) is 14.4. The molecule has 0 atom stereocenters. The van der Waals surface area contributed by atoms with E-state index in [4.69, 9.17) is 36.4 Å². The second-order valence-corrected chi connectivity index (χ2v) is 16.3. The van der Waals surface area contributed by atoms with Crippen LogP contribution < -0.4 is 20.7 Å². The minimum Gasteiger partial charge on any atom is -0.496 e. The second-order valence-electron chi connectivity index (χ2n) is 16.0. The number of rotatable bonds is 14. The summed E-state index contributed by atoms with van der Waals surface area (Å²) in [5.74, 6) is 6.43. The maximum atomic E-state index is 13.4.